The molecule has 5 saturated heterocycles. The average molecular weight is 1500 g/mol. The van der Waals surface area contributed by atoms with E-state index in [1.165, 1.54) is 13.8 Å². The van der Waals surface area contributed by atoms with Gasteiger partial charge in [-0.25, -0.2) is 0 Å². The van der Waals surface area contributed by atoms with E-state index in [0.29, 0.717) is 11.1 Å². The molecule has 2 amide bonds. The van der Waals surface area contributed by atoms with Crippen LogP contribution in [0.15, 0.2) is 182 Å². The van der Waals surface area contributed by atoms with E-state index in [4.69, 9.17) is 85.3 Å². The first kappa shape index (κ1) is 80.6. The second-order valence-corrected chi connectivity index (χ2v) is 28.0. The van der Waals surface area contributed by atoms with Crippen LogP contribution in [-0.2, 0) is 147 Å². The number of carbonyl (C=O) groups is 6. The van der Waals surface area contributed by atoms with Crippen LogP contribution in [-0.4, -0.2) is 190 Å². The van der Waals surface area contributed by atoms with Gasteiger partial charge in [-0.3, -0.25) is 28.8 Å². The quantitative estimate of drug-likeness (QED) is 0.0277. The van der Waals surface area contributed by atoms with Crippen LogP contribution in [0.25, 0.3) is 0 Å². The summed E-state index contributed by atoms with van der Waals surface area (Å²) in [5, 5.41) is 18.5. The van der Waals surface area contributed by atoms with Gasteiger partial charge in [0.05, 0.1) is 58.3 Å². The van der Waals surface area contributed by atoms with Gasteiger partial charge in [-0.15, -0.1) is 0 Å². The minimum Gasteiger partial charge on any atom is -0.463 e. The molecule has 3 N–H and O–H groups in total. The maximum Gasteiger partial charge on any atom is 0.311 e. The summed E-state index contributed by atoms with van der Waals surface area (Å²) in [6, 6.07) is 52.5. The maximum atomic E-state index is 14.7. The normalized spacial score (nSPS) is 29.8. The molecule has 21 atom stereocenters. The Balaban J connectivity index is 1.10. The highest BCUT2D eigenvalue weighted by molar-refractivity contribution is 5.76. The highest BCUT2D eigenvalue weighted by atomic mass is 16.8. The predicted molar refractivity (Wildman–Crippen MR) is 381 cm³/mol. The smallest absolute Gasteiger partial charge is 0.311 e. The van der Waals surface area contributed by atoms with Crippen LogP contribution in [0.1, 0.15) is 95.1 Å². The minimum atomic E-state index is -1.82. The Morgan fingerprint density at radius 3 is 1.32 bits per heavy atom. The molecule has 0 spiro atoms. The first-order chi connectivity index (χ1) is 52.1. The van der Waals surface area contributed by atoms with Crippen molar-refractivity contribution in [3.8, 4) is 0 Å². The molecule has 0 aromatic heterocycles. The topological polar surface area (TPSA) is 313 Å². The lowest BCUT2D eigenvalue weighted by molar-refractivity contribution is -0.404. The van der Waals surface area contributed by atoms with Crippen molar-refractivity contribution in [3.05, 3.63) is 215 Å². The van der Waals surface area contributed by atoms with Crippen molar-refractivity contribution in [2.24, 2.45) is 5.41 Å². The molecule has 6 aromatic rings. The molecule has 27 heteroatoms. The first-order valence-corrected chi connectivity index (χ1v) is 36.1. The van der Waals surface area contributed by atoms with Crippen LogP contribution in [0.2, 0.25) is 0 Å². The summed E-state index contributed by atoms with van der Waals surface area (Å²) in [5.74, 6) is -4.43. The molecule has 0 aliphatic carbocycles. The molecule has 11 rings (SSSR count). The summed E-state index contributed by atoms with van der Waals surface area (Å²) in [5.41, 5.74) is 3.25. The SMILES string of the molecule is CC(=O)N[C@H]1[C@H](O[C@H]2[C@@H](O[C@@H]3O[C@H](COC(C)=O)[C@H](OC(C)=O)[C@H](OC(C)=O)[C@H]3NC(C)=O)[C@@H](COCc3ccccc3)O[C@@H](O[C@H]3[C@H](OCc4ccccc4)[C@@H](OC(=O)C(C)(C)C)[C@H](OCc4ccccc4)O[C@@H]3COCc3ccccc3)[C@@H]2OCc2ccccc2)O[C@@H]2CO[C@@H](c3ccccc3)O[C@H]2[C@@H]1O. The van der Waals surface area contributed by atoms with E-state index in [2.05, 4.69) is 10.6 Å². The number of benzene rings is 6. The molecule has 580 valence electrons. The lowest BCUT2D eigenvalue weighted by Gasteiger charge is -2.53. The number of nitrogens with one attached hydrogen (secondary N) is 2. The number of aliphatic hydroxyl groups is 1. The van der Waals surface area contributed by atoms with Crippen molar-refractivity contribution < 1.29 is 119 Å². The van der Waals surface area contributed by atoms with E-state index < -0.39 is 183 Å². The average Bonchev–Trinajstić information content (AvgIpc) is 0.757. The van der Waals surface area contributed by atoms with Crippen molar-refractivity contribution in [2.45, 2.75) is 217 Å². The number of rotatable bonds is 31. The van der Waals surface area contributed by atoms with Gasteiger partial charge in [0.25, 0.3) is 0 Å². The van der Waals surface area contributed by atoms with Gasteiger partial charge in [0.2, 0.25) is 11.8 Å². The van der Waals surface area contributed by atoms with E-state index in [0.717, 1.165) is 43.0 Å². The third-order valence-corrected chi connectivity index (χ3v) is 18.4. The van der Waals surface area contributed by atoms with Crippen LogP contribution in [0.4, 0.5) is 0 Å². The van der Waals surface area contributed by atoms with Crippen molar-refractivity contribution >= 4 is 35.7 Å². The van der Waals surface area contributed by atoms with Crippen molar-refractivity contribution in [2.75, 3.05) is 26.4 Å². The van der Waals surface area contributed by atoms with E-state index in [1.807, 2.05) is 170 Å². The van der Waals surface area contributed by atoms with Gasteiger partial charge in [0.1, 0.15) is 85.8 Å². The van der Waals surface area contributed by atoms with Gasteiger partial charge in [-0.05, 0) is 48.6 Å². The van der Waals surface area contributed by atoms with Crippen molar-refractivity contribution in [3.63, 3.8) is 0 Å². The zero-order valence-corrected chi connectivity index (χ0v) is 61.6. The second kappa shape index (κ2) is 38.8. The molecule has 108 heavy (non-hydrogen) atoms. The second-order valence-electron chi connectivity index (χ2n) is 28.0. The van der Waals surface area contributed by atoms with E-state index in [-0.39, 0.29) is 46.2 Å². The zero-order chi connectivity index (χ0) is 76.3. The van der Waals surface area contributed by atoms with E-state index >= 15 is 0 Å². The Morgan fingerprint density at radius 2 is 0.824 bits per heavy atom. The number of hydrogen-bond acceptors (Lipinski definition) is 25. The van der Waals surface area contributed by atoms with Crippen LogP contribution >= 0.6 is 0 Å². The van der Waals surface area contributed by atoms with Gasteiger partial charge in [-0.1, -0.05) is 182 Å². The first-order valence-electron chi connectivity index (χ1n) is 36.1. The largest absolute Gasteiger partial charge is 0.463 e. The van der Waals surface area contributed by atoms with Gasteiger partial charge in [0, 0.05) is 40.2 Å². The standard InChI is InChI=1S/C81H96N2O25/c1-48(84)82-63-65(89)66-61(47-97-75(104-66)58-37-25-14-26-38-58)100-76(63)107-72-69(105-77-64(83-49(2)85)70(99-52(5)88)67(98-51(4)87)62(101-77)46-93-50(3)86)60(45-92-40-54-29-17-10-18-30-54)103-79(73(72)95-42-56-33-21-12-22-34-56)106-68-59(44-91-39-53-27-15-9-16-28-53)102-78(96-43-57-35-23-13-24-36-57)74(108-80(90)81(6,7)8)71(68)94-41-55-31-19-11-20-32-55/h9-38,59-79,89H,39-47H2,1-8H3,(H,82,84)(H,83,85)/t59-,60-,61-,62-,63-,64-,65-,66-,67+,68-,69+,70-,71+,72+,73-,74-,75-,76+,77+,78-,79+/m1/s1. The fourth-order valence-electron chi connectivity index (χ4n) is 13.3. The fourth-order valence-corrected chi connectivity index (χ4v) is 13.3. The number of esters is 4. The summed E-state index contributed by atoms with van der Waals surface area (Å²) < 4.78 is 122. The number of amides is 2. The van der Waals surface area contributed by atoms with Gasteiger partial charge >= 0.3 is 23.9 Å². The van der Waals surface area contributed by atoms with E-state index in [1.54, 1.807) is 32.9 Å². The molecule has 0 bridgehead atoms. The molecule has 5 heterocycles. The minimum absolute atomic E-state index is 0.00922. The molecular formula is C81H96N2O25. The summed E-state index contributed by atoms with van der Waals surface area (Å²) in [6.07, 6.45) is -27.9. The van der Waals surface area contributed by atoms with Gasteiger partial charge in [-0.2, -0.15) is 0 Å². The molecule has 0 unspecified atom stereocenters. The summed E-state index contributed by atoms with van der Waals surface area (Å²) >= 11 is 0. The van der Waals surface area contributed by atoms with Gasteiger partial charge < -0.3 is 101 Å². The zero-order valence-electron chi connectivity index (χ0n) is 61.6. The molecule has 5 aliphatic heterocycles. The molecule has 27 nitrogen and oxygen atoms in total. The fraction of sp³-hybridized carbons (Fsp3) is 0.481. The van der Waals surface area contributed by atoms with E-state index in [9.17, 15) is 33.9 Å². The van der Waals surface area contributed by atoms with Crippen LogP contribution in [0.3, 0.4) is 0 Å². The summed E-state index contributed by atoms with van der Waals surface area (Å²) in [6.45, 7) is 9.33. The third kappa shape index (κ3) is 22.2. The Kier molecular flexibility index (Phi) is 28.9. The molecule has 0 saturated carbocycles. The van der Waals surface area contributed by atoms with Crippen LogP contribution < -0.4 is 10.6 Å². The molecule has 5 aliphatic rings. The lowest BCUT2D eigenvalue weighted by Crippen LogP contribution is -2.71. The molecule has 0 radical (unpaired) electrons. The van der Waals surface area contributed by atoms with Crippen molar-refractivity contribution in [1.82, 2.24) is 10.6 Å². The third-order valence-electron chi connectivity index (χ3n) is 18.4. The van der Waals surface area contributed by atoms with Gasteiger partial charge in [0.15, 0.2) is 49.8 Å². The van der Waals surface area contributed by atoms with Crippen molar-refractivity contribution in [1.29, 1.82) is 0 Å². The molecular weight excluding hydrogens is 1400 g/mol. The van der Waals surface area contributed by atoms with Crippen LogP contribution in [0, 0.1) is 5.41 Å². The number of ether oxygens (including phenoxy) is 18. The Labute approximate surface area is 627 Å². The number of fused-ring (bicyclic) bond motifs is 1. The Morgan fingerprint density at radius 1 is 0.407 bits per heavy atom. The Bertz CT molecular complexity index is 3810. The molecule has 6 aromatic carbocycles. The maximum absolute atomic E-state index is 14.7. The van der Waals surface area contributed by atoms with Crippen LogP contribution in [0.5, 0.6) is 0 Å². The highest BCUT2D eigenvalue weighted by Crippen LogP contribution is 2.42. The summed E-state index contributed by atoms with van der Waals surface area (Å²) in [4.78, 5) is 81.4. The Hall–Kier alpha value is -8.46. The molecule has 5 fully saturated rings. The number of hydrogen-bond donors (Lipinski definition) is 3. The summed E-state index contributed by atoms with van der Waals surface area (Å²) in [7, 11) is 0. The highest BCUT2D eigenvalue weighted by Gasteiger charge is 2.61. The monoisotopic (exact) mass is 1500 g/mol. The number of carbonyl (C=O) groups excluding carboxylic acids is 6. The lowest BCUT2D eigenvalue weighted by atomic mass is 9.93. The number of aliphatic hydroxyl groups excluding tert-OH is 1. The predicted octanol–water partition coefficient (Wildman–Crippen LogP) is 7.73.